The van der Waals surface area contributed by atoms with Gasteiger partial charge in [-0.2, -0.15) is 0 Å². The minimum absolute atomic E-state index is 0.675. The quantitative estimate of drug-likeness (QED) is 0.310. The smallest absolute Gasteiger partial charge is 0.163 e. The monoisotopic (exact) mass is 412 g/mol. The molecule has 1 aliphatic carbocycles. The Morgan fingerprint density at radius 3 is 2.00 bits per heavy atom. The van der Waals surface area contributed by atoms with E-state index in [4.69, 9.17) is 14.4 Å². The second-order valence-electron chi connectivity index (χ2n) is 7.79. The summed E-state index contributed by atoms with van der Waals surface area (Å²) >= 11 is 0. The maximum Gasteiger partial charge on any atom is 0.163 e. The van der Waals surface area contributed by atoms with Gasteiger partial charge in [0.1, 0.15) is 11.3 Å². The fourth-order valence-electron chi connectivity index (χ4n) is 4.17. The summed E-state index contributed by atoms with van der Waals surface area (Å²) in [5.74, 6) is 1.50. The lowest BCUT2D eigenvalue weighted by molar-refractivity contribution is 0.598. The first-order chi connectivity index (χ1) is 15.9. The molecule has 5 aromatic rings. The highest BCUT2D eigenvalue weighted by Crippen LogP contribution is 2.37. The van der Waals surface area contributed by atoms with E-state index >= 15 is 0 Å². The second kappa shape index (κ2) is 7.78. The molecule has 0 saturated carbocycles. The molecule has 3 aromatic carbocycles. The Labute approximate surface area is 186 Å². The molecule has 0 aliphatic heterocycles. The molecule has 0 amide bonds. The molecule has 3 heteroatoms. The number of furan rings is 1. The van der Waals surface area contributed by atoms with Crippen molar-refractivity contribution < 1.29 is 4.42 Å². The zero-order valence-electron chi connectivity index (χ0n) is 17.4. The molecule has 2 aromatic heterocycles. The number of aromatic nitrogens is 2. The Morgan fingerprint density at radius 1 is 0.688 bits per heavy atom. The van der Waals surface area contributed by atoms with Gasteiger partial charge in [0.15, 0.2) is 5.82 Å². The SMILES string of the molecule is C1=Cc2c(oc3ccccc23)C(c2nc(-c3ccccc3)cc(-c3ccccc3)n2)=CC1. The van der Waals surface area contributed by atoms with Crippen molar-refractivity contribution in [1.82, 2.24) is 9.97 Å². The van der Waals surface area contributed by atoms with E-state index in [0.717, 1.165) is 56.8 Å². The average molecular weight is 412 g/mol. The normalized spacial score (nSPS) is 12.9. The first-order valence-electron chi connectivity index (χ1n) is 10.8. The van der Waals surface area contributed by atoms with Gasteiger partial charge < -0.3 is 4.42 Å². The van der Waals surface area contributed by atoms with Crippen LogP contribution < -0.4 is 0 Å². The summed E-state index contributed by atoms with van der Waals surface area (Å²) in [7, 11) is 0. The highest BCUT2D eigenvalue weighted by Gasteiger charge is 2.22. The van der Waals surface area contributed by atoms with E-state index in [0.29, 0.717) is 5.82 Å². The third kappa shape index (κ3) is 3.25. The molecule has 0 radical (unpaired) electrons. The highest BCUT2D eigenvalue weighted by atomic mass is 16.3. The number of nitrogens with zero attached hydrogens (tertiary/aromatic N) is 2. The molecule has 0 bridgehead atoms. The van der Waals surface area contributed by atoms with Crippen LogP contribution in [0, 0.1) is 0 Å². The highest BCUT2D eigenvalue weighted by molar-refractivity contribution is 5.95. The fraction of sp³-hybridized carbons (Fsp3) is 0.0345. The van der Waals surface area contributed by atoms with Crippen LogP contribution in [0.15, 0.2) is 108 Å². The molecule has 0 spiro atoms. The van der Waals surface area contributed by atoms with Gasteiger partial charge >= 0.3 is 0 Å². The lowest BCUT2D eigenvalue weighted by Gasteiger charge is -2.11. The maximum absolute atomic E-state index is 6.33. The summed E-state index contributed by atoms with van der Waals surface area (Å²) < 4.78 is 6.33. The lowest BCUT2D eigenvalue weighted by Crippen LogP contribution is -2.00. The molecule has 0 atom stereocenters. The van der Waals surface area contributed by atoms with Crippen LogP contribution in [0.25, 0.3) is 45.1 Å². The molecular weight excluding hydrogens is 392 g/mol. The van der Waals surface area contributed by atoms with Crippen LogP contribution in [0.5, 0.6) is 0 Å². The van der Waals surface area contributed by atoms with E-state index < -0.39 is 0 Å². The zero-order valence-corrected chi connectivity index (χ0v) is 17.4. The summed E-state index contributed by atoms with van der Waals surface area (Å²) in [6.07, 6.45) is 7.26. The number of hydrogen-bond donors (Lipinski definition) is 0. The van der Waals surface area contributed by atoms with E-state index in [9.17, 15) is 0 Å². The van der Waals surface area contributed by atoms with Gasteiger partial charge in [-0.05, 0) is 18.6 Å². The Hall–Kier alpha value is -4.24. The van der Waals surface area contributed by atoms with Crippen LogP contribution in [0.4, 0.5) is 0 Å². The maximum atomic E-state index is 6.33. The van der Waals surface area contributed by atoms with E-state index in [2.05, 4.69) is 54.6 Å². The van der Waals surface area contributed by atoms with Gasteiger partial charge in [0.2, 0.25) is 0 Å². The first kappa shape index (κ1) is 18.5. The fourth-order valence-corrected chi connectivity index (χ4v) is 4.17. The summed E-state index contributed by atoms with van der Waals surface area (Å²) in [5, 5.41) is 1.11. The van der Waals surface area contributed by atoms with Gasteiger partial charge in [-0.1, -0.05) is 97.1 Å². The van der Waals surface area contributed by atoms with Gasteiger partial charge in [0, 0.05) is 22.1 Å². The number of rotatable bonds is 3. The second-order valence-corrected chi connectivity index (χ2v) is 7.79. The van der Waals surface area contributed by atoms with Gasteiger partial charge in [0.25, 0.3) is 0 Å². The summed E-state index contributed by atoms with van der Waals surface area (Å²) in [4.78, 5) is 9.99. The minimum atomic E-state index is 0.675. The molecule has 6 rings (SSSR count). The van der Waals surface area contributed by atoms with Crippen LogP contribution >= 0.6 is 0 Å². The van der Waals surface area contributed by atoms with Crippen LogP contribution in [0.2, 0.25) is 0 Å². The molecule has 1 aliphatic rings. The molecule has 0 fully saturated rings. The van der Waals surface area contributed by atoms with Crippen molar-refractivity contribution >= 4 is 22.6 Å². The Kier molecular flexibility index (Phi) is 4.51. The van der Waals surface area contributed by atoms with Crippen LogP contribution in [-0.2, 0) is 0 Å². The standard InChI is InChI=1S/C29H20N2O/c1-3-11-20(12-4-1)25-19-26(21-13-5-2-6-14-21)31-29(30-25)24-17-8-7-16-23-22-15-9-10-18-27(22)32-28(23)24/h1-7,9-19H,8H2. The molecule has 2 heterocycles. The van der Waals surface area contributed by atoms with Crippen molar-refractivity contribution in [2.24, 2.45) is 0 Å². The van der Waals surface area contributed by atoms with E-state index in [1.807, 2.05) is 54.6 Å². The van der Waals surface area contributed by atoms with Gasteiger partial charge in [-0.3, -0.25) is 0 Å². The van der Waals surface area contributed by atoms with Gasteiger partial charge in [0.05, 0.1) is 17.0 Å². The molecular formula is C29H20N2O. The first-order valence-corrected chi connectivity index (χ1v) is 10.8. The lowest BCUT2D eigenvalue weighted by atomic mass is 10.0. The van der Waals surface area contributed by atoms with E-state index in [-0.39, 0.29) is 0 Å². The van der Waals surface area contributed by atoms with Crippen molar-refractivity contribution in [2.45, 2.75) is 6.42 Å². The predicted octanol–water partition coefficient (Wildman–Crippen LogP) is 7.41. The summed E-state index contributed by atoms with van der Waals surface area (Å²) in [5.41, 5.74) is 6.79. The Morgan fingerprint density at radius 2 is 1.31 bits per heavy atom. The van der Waals surface area contributed by atoms with Crippen molar-refractivity contribution in [2.75, 3.05) is 0 Å². The van der Waals surface area contributed by atoms with Crippen LogP contribution in [0.1, 0.15) is 23.6 Å². The Bertz CT molecular complexity index is 1420. The average Bonchev–Trinajstić information content (AvgIpc) is 3.10. The molecule has 0 N–H and O–H groups in total. The van der Waals surface area contributed by atoms with Crippen molar-refractivity contribution in [3.05, 3.63) is 120 Å². The van der Waals surface area contributed by atoms with Crippen molar-refractivity contribution in [1.29, 1.82) is 0 Å². The molecule has 152 valence electrons. The minimum Gasteiger partial charge on any atom is -0.455 e. The third-order valence-corrected chi connectivity index (χ3v) is 5.73. The number of benzene rings is 3. The van der Waals surface area contributed by atoms with E-state index in [1.54, 1.807) is 0 Å². The van der Waals surface area contributed by atoms with Crippen LogP contribution in [0.3, 0.4) is 0 Å². The number of allylic oxidation sites excluding steroid dienone is 2. The summed E-state index contributed by atoms with van der Waals surface area (Å²) in [6.45, 7) is 0. The number of hydrogen-bond acceptors (Lipinski definition) is 3. The number of fused-ring (bicyclic) bond motifs is 3. The molecule has 3 nitrogen and oxygen atoms in total. The van der Waals surface area contributed by atoms with E-state index in [1.165, 1.54) is 0 Å². The van der Waals surface area contributed by atoms with Crippen molar-refractivity contribution in [3.63, 3.8) is 0 Å². The van der Waals surface area contributed by atoms with Gasteiger partial charge in [-0.25, -0.2) is 9.97 Å². The third-order valence-electron chi connectivity index (χ3n) is 5.73. The largest absolute Gasteiger partial charge is 0.455 e. The van der Waals surface area contributed by atoms with Gasteiger partial charge in [-0.15, -0.1) is 0 Å². The van der Waals surface area contributed by atoms with Crippen LogP contribution in [-0.4, -0.2) is 9.97 Å². The topological polar surface area (TPSA) is 38.9 Å². The summed E-state index contributed by atoms with van der Waals surface area (Å²) in [6, 6.07) is 30.7. The predicted molar refractivity (Wildman–Crippen MR) is 130 cm³/mol. The molecule has 32 heavy (non-hydrogen) atoms. The molecule has 0 saturated heterocycles. The Balaban J connectivity index is 1.58. The molecule has 0 unspecified atom stereocenters. The zero-order chi connectivity index (χ0) is 21.3. The number of para-hydroxylation sites is 1. The van der Waals surface area contributed by atoms with Crippen molar-refractivity contribution in [3.8, 4) is 22.5 Å².